The molecule has 0 unspecified atom stereocenters. The second kappa shape index (κ2) is 6.09. The molecule has 0 aliphatic carbocycles. The molecule has 25 heavy (non-hydrogen) atoms. The molecule has 6 nitrogen and oxygen atoms in total. The third-order valence-electron chi connectivity index (χ3n) is 4.41. The van der Waals surface area contributed by atoms with Gasteiger partial charge in [0.1, 0.15) is 23.5 Å². The van der Waals surface area contributed by atoms with Crippen LogP contribution in [0.25, 0.3) is 0 Å². The SMILES string of the molecule is N#Cc1nc2c(c(N3CCN(c4ccc(F)cc4F)CC3)n1)CN=C2. The van der Waals surface area contributed by atoms with Crippen molar-refractivity contribution in [3.8, 4) is 6.07 Å². The number of aliphatic imine (C=N–C) groups is 1. The first-order valence-corrected chi connectivity index (χ1v) is 7.91. The Kier molecular flexibility index (Phi) is 3.76. The minimum atomic E-state index is -0.583. The highest BCUT2D eigenvalue weighted by Gasteiger charge is 2.25. The Balaban J connectivity index is 1.55. The second-order valence-corrected chi connectivity index (χ2v) is 5.89. The van der Waals surface area contributed by atoms with Crippen LogP contribution >= 0.6 is 0 Å². The van der Waals surface area contributed by atoms with Gasteiger partial charge in [0.25, 0.3) is 0 Å². The third-order valence-corrected chi connectivity index (χ3v) is 4.41. The summed E-state index contributed by atoms with van der Waals surface area (Å²) in [6, 6.07) is 5.60. The van der Waals surface area contributed by atoms with Crippen molar-refractivity contribution in [2.45, 2.75) is 6.54 Å². The molecule has 1 saturated heterocycles. The van der Waals surface area contributed by atoms with Crippen molar-refractivity contribution in [1.29, 1.82) is 5.26 Å². The van der Waals surface area contributed by atoms with Gasteiger partial charge in [-0.1, -0.05) is 0 Å². The normalized spacial score (nSPS) is 16.0. The number of nitriles is 1. The summed E-state index contributed by atoms with van der Waals surface area (Å²) in [7, 11) is 0. The quantitative estimate of drug-likeness (QED) is 0.835. The molecule has 0 bridgehead atoms. The van der Waals surface area contributed by atoms with Gasteiger partial charge in [0.15, 0.2) is 0 Å². The molecule has 1 aromatic carbocycles. The maximum Gasteiger partial charge on any atom is 0.234 e. The number of fused-ring (bicyclic) bond motifs is 1. The summed E-state index contributed by atoms with van der Waals surface area (Å²) < 4.78 is 27.0. The second-order valence-electron chi connectivity index (χ2n) is 5.89. The van der Waals surface area contributed by atoms with Gasteiger partial charge in [-0.05, 0) is 12.1 Å². The predicted molar refractivity (Wildman–Crippen MR) is 88.8 cm³/mol. The van der Waals surface area contributed by atoms with Crippen LogP contribution in [0.15, 0.2) is 23.2 Å². The number of rotatable bonds is 2. The molecule has 2 aliphatic rings. The van der Waals surface area contributed by atoms with Gasteiger partial charge in [-0.2, -0.15) is 5.26 Å². The maximum absolute atomic E-state index is 14.0. The minimum absolute atomic E-state index is 0.120. The highest BCUT2D eigenvalue weighted by atomic mass is 19.1. The molecule has 0 atom stereocenters. The Morgan fingerprint density at radius 2 is 1.80 bits per heavy atom. The van der Waals surface area contributed by atoms with Crippen LogP contribution in [0.5, 0.6) is 0 Å². The smallest absolute Gasteiger partial charge is 0.234 e. The fraction of sp³-hybridized carbons (Fsp3) is 0.294. The first kappa shape index (κ1) is 15.4. The van der Waals surface area contributed by atoms with E-state index >= 15 is 0 Å². The lowest BCUT2D eigenvalue weighted by atomic mass is 10.2. The molecule has 1 aromatic heterocycles. The molecule has 4 rings (SSSR count). The largest absolute Gasteiger partial charge is 0.366 e. The minimum Gasteiger partial charge on any atom is -0.366 e. The number of piperazine rings is 1. The Morgan fingerprint density at radius 3 is 2.52 bits per heavy atom. The van der Waals surface area contributed by atoms with Crippen LogP contribution < -0.4 is 9.80 Å². The fourth-order valence-corrected chi connectivity index (χ4v) is 3.18. The molecule has 8 heteroatoms. The van der Waals surface area contributed by atoms with Crippen molar-refractivity contribution in [3.63, 3.8) is 0 Å². The Labute approximate surface area is 143 Å². The molecule has 3 heterocycles. The zero-order valence-electron chi connectivity index (χ0n) is 13.3. The van der Waals surface area contributed by atoms with E-state index < -0.39 is 11.6 Å². The van der Waals surface area contributed by atoms with Gasteiger partial charge in [-0.3, -0.25) is 4.99 Å². The molecule has 0 spiro atoms. The third kappa shape index (κ3) is 2.78. The van der Waals surface area contributed by atoms with Gasteiger partial charge >= 0.3 is 0 Å². The van der Waals surface area contributed by atoms with Crippen molar-refractivity contribution in [3.05, 3.63) is 46.9 Å². The van der Waals surface area contributed by atoms with E-state index in [4.69, 9.17) is 5.26 Å². The van der Waals surface area contributed by atoms with E-state index in [9.17, 15) is 8.78 Å². The van der Waals surface area contributed by atoms with Crippen LogP contribution in [0.4, 0.5) is 20.3 Å². The van der Waals surface area contributed by atoms with Gasteiger partial charge in [0, 0.05) is 44.0 Å². The Hall–Kier alpha value is -3.08. The van der Waals surface area contributed by atoms with Crippen molar-refractivity contribution in [2.75, 3.05) is 36.0 Å². The number of hydrogen-bond donors (Lipinski definition) is 0. The monoisotopic (exact) mass is 340 g/mol. The summed E-state index contributed by atoms with van der Waals surface area (Å²) in [6.07, 6.45) is 1.66. The Morgan fingerprint density at radius 1 is 1.04 bits per heavy atom. The fourth-order valence-electron chi connectivity index (χ4n) is 3.18. The van der Waals surface area contributed by atoms with Crippen LogP contribution in [-0.4, -0.2) is 42.4 Å². The van der Waals surface area contributed by atoms with Crippen LogP contribution in [0.1, 0.15) is 17.1 Å². The summed E-state index contributed by atoms with van der Waals surface area (Å²) in [5.74, 6) is -0.301. The number of anilines is 2. The lowest BCUT2D eigenvalue weighted by Crippen LogP contribution is -2.47. The average Bonchev–Trinajstić information content (AvgIpc) is 3.09. The molecule has 2 aromatic rings. The molecule has 0 amide bonds. The average molecular weight is 340 g/mol. The van der Waals surface area contributed by atoms with Gasteiger partial charge in [0.05, 0.1) is 17.9 Å². The van der Waals surface area contributed by atoms with Gasteiger partial charge in [0.2, 0.25) is 5.82 Å². The van der Waals surface area contributed by atoms with Crippen LogP contribution in [0, 0.1) is 23.0 Å². The first-order chi connectivity index (χ1) is 12.2. The Bertz CT molecular complexity index is 897. The van der Waals surface area contributed by atoms with E-state index in [0.717, 1.165) is 17.4 Å². The highest BCUT2D eigenvalue weighted by Crippen LogP contribution is 2.27. The summed E-state index contributed by atoms with van der Waals surface area (Å²) in [6.45, 7) is 2.88. The highest BCUT2D eigenvalue weighted by molar-refractivity contribution is 5.84. The van der Waals surface area contributed by atoms with Crippen molar-refractivity contribution in [2.24, 2.45) is 4.99 Å². The standard InChI is InChI=1S/C17H14F2N6/c18-11-1-2-15(13(19)7-11)24-3-5-25(6-4-24)17-12-9-21-10-14(12)22-16(8-20)23-17/h1-2,7,10H,3-6,9H2. The van der Waals surface area contributed by atoms with Crippen LogP contribution in [-0.2, 0) is 6.54 Å². The van der Waals surface area contributed by atoms with E-state index in [1.54, 1.807) is 6.21 Å². The molecule has 0 N–H and O–H groups in total. The molecule has 126 valence electrons. The zero-order chi connectivity index (χ0) is 17.4. The summed E-state index contributed by atoms with van der Waals surface area (Å²) in [4.78, 5) is 16.7. The molecule has 2 aliphatic heterocycles. The van der Waals surface area contributed by atoms with E-state index in [0.29, 0.717) is 44.1 Å². The lowest BCUT2D eigenvalue weighted by Gasteiger charge is -2.37. The van der Waals surface area contributed by atoms with E-state index in [2.05, 4.69) is 19.9 Å². The molecule has 0 radical (unpaired) electrons. The van der Waals surface area contributed by atoms with Crippen LogP contribution in [0.2, 0.25) is 0 Å². The van der Waals surface area contributed by atoms with E-state index in [1.807, 2.05) is 11.0 Å². The molecule has 0 saturated carbocycles. The van der Waals surface area contributed by atoms with Crippen molar-refractivity contribution in [1.82, 2.24) is 9.97 Å². The topological polar surface area (TPSA) is 68.4 Å². The number of halogens is 2. The summed E-state index contributed by atoms with van der Waals surface area (Å²) in [5, 5.41) is 9.12. The number of hydrogen-bond acceptors (Lipinski definition) is 6. The number of nitrogens with zero attached hydrogens (tertiary/aromatic N) is 6. The van der Waals surface area contributed by atoms with E-state index in [1.165, 1.54) is 12.1 Å². The zero-order valence-corrected chi connectivity index (χ0v) is 13.3. The van der Waals surface area contributed by atoms with Crippen molar-refractivity contribution < 1.29 is 8.78 Å². The maximum atomic E-state index is 14.0. The van der Waals surface area contributed by atoms with Gasteiger partial charge in [-0.25, -0.2) is 18.7 Å². The van der Waals surface area contributed by atoms with Gasteiger partial charge < -0.3 is 9.80 Å². The predicted octanol–water partition coefficient (Wildman–Crippen LogP) is 1.89. The molecule has 1 fully saturated rings. The molecular formula is C17H14F2N6. The molecular weight excluding hydrogens is 326 g/mol. The lowest BCUT2D eigenvalue weighted by molar-refractivity contribution is 0.569. The van der Waals surface area contributed by atoms with Crippen LogP contribution in [0.3, 0.4) is 0 Å². The van der Waals surface area contributed by atoms with Gasteiger partial charge in [-0.15, -0.1) is 0 Å². The van der Waals surface area contributed by atoms with E-state index in [-0.39, 0.29) is 5.82 Å². The first-order valence-electron chi connectivity index (χ1n) is 7.91. The number of aromatic nitrogens is 2. The van der Waals surface area contributed by atoms with Crippen molar-refractivity contribution >= 4 is 17.7 Å². The summed E-state index contributed by atoms with van der Waals surface area (Å²) >= 11 is 0. The number of benzene rings is 1. The summed E-state index contributed by atoms with van der Waals surface area (Å²) in [5.41, 5.74) is 2.00.